The SMILES string of the molecule is CN(Cc1csc(Br)c1)C(=O)C1CC12CCNCC2. The van der Waals surface area contributed by atoms with E-state index in [1.165, 1.54) is 18.4 Å². The van der Waals surface area contributed by atoms with Crippen LogP contribution in [0.2, 0.25) is 0 Å². The summed E-state index contributed by atoms with van der Waals surface area (Å²) in [5, 5.41) is 5.50. The second-order valence-corrected chi connectivity index (χ2v) is 8.11. The lowest BCUT2D eigenvalue weighted by Crippen LogP contribution is -2.34. The number of hydrogen-bond acceptors (Lipinski definition) is 3. The van der Waals surface area contributed by atoms with Gasteiger partial charge in [0.25, 0.3) is 0 Å². The summed E-state index contributed by atoms with van der Waals surface area (Å²) in [7, 11) is 1.93. The molecule has 1 spiro atoms. The van der Waals surface area contributed by atoms with E-state index in [1.54, 1.807) is 11.3 Å². The number of rotatable bonds is 3. The summed E-state index contributed by atoms with van der Waals surface area (Å²) in [6.07, 6.45) is 3.44. The number of thiophene rings is 1. The van der Waals surface area contributed by atoms with E-state index in [0.29, 0.717) is 11.3 Å². The Kier molecular flexibility index (Phi) is 3.71. The van der Waals surface area contributed by atoms with Crippen LogP contribution in [-0.2, 0) is 11.3 Å². The maximum atomic E-state index is 12.5. The van der Waals surface area contributed by atoms with Crippen molar-refractivity contribution in [3.8, 4) is 0 Å². The monoisotopic (exact) mass is 342 g/mol. The normalized spacial score (nSPS) is 24.4. The first-order valence-electron chi connectivity index (χ1n) is 6.79. The molecule has 1 aromatic heterocycles. The van der Waals surface area contributed by atoms with Crippen LogP contribution in [0.4, 0.5) is 0 Å². The molecule has 1 saturated carbocycles. The average molecular weight is 343 g/mol. The van der Waals surface area contributed by atoms with Gasteiger partial charge in [-0.25, -0.2) is 0 Å². The summed E-state index contributed by atoms with van der Waals surface area (Å²) >= 11 is 5.14. The number of nitrogens with zero attached hydrogens (tertiary/aromatic N) is 1. The second-order valence-electron chi connectivity index (χ2n) is 5.82. The number of carbonyl (C=O) groups excluding carboxylic acids is 1. The average Bonchev–Trinajstić information content (AvgIpc) is 2.92. The third-order valence-electron chi connectivity index (χ3n) is 4.50. The Labute approximate surface area is 126 Å². The van der Waals surface area contributed by atoms with Crippen molar-refractivity contribution in [1.29, 1.82) is 0 Å². The summed E-state index contributed by atoms with van der Waals surface area (Å²) < 4.78 is 1.13. The molecule has 0 bridgehead atoms. The van der Waals surface area contributed by atoms with Crippen LogP contribution in [0.25, 0.3) is 0 Å². The van der Waals surface area contributed by atoms with Crippen molar-refractivity contribution < 1.29 is 4.79 Å². The predicted molar refractivity (Wildman–Crippen MR) is 81.1 cm³/mol. The molecule has 2 heterocycles. The van der Waals surface area contributed by atoms with Crippen molar-refractivity contribution in [1.82, 2.24) is 10.2 Å². The minimum Gasteiger partial charge on any atom is -0.341 e. The summed E-state index contributed by atoms with van der Waals surface area (Å²) in [5.74, 6) is 0.617. The topological polar surface area (TPSA) is 32.3 Å². The maximum absolute atomic E-state index is 12.5. The summed E-state index contributed by atoms with van der Waals surface area (Å²) in [6, 6.07) is 2.10. The molecule has 104 valence electrons. The Morgan fingerprint density at radius 2 is 2.32 bits per heavy atom. The fourth-order valence-electron chi connectivity index (χ4n) is 3.22. The van der Waals surface area contributed by atoms with Gasteiger partial charge in [0, 0.05) is 19.5 Å². The Balaban J connectivity index is 1.59. The molecule has 1 aromatic rings. The Morgan fingerprint density at radius 1 is 1.58 bits per heavy atom. The fourth-order valence-corrected chi connectivity index (χ4v) is 4.42. The highest BCUT2D eigenvalue weighted by Crippen LogP contribution is 2.59. The van der Waals surface area contributed by atoms with Crippen LogP contribution in [0.3, 0.4) is 0 Å². The molecule has 19 heavy (non-hydrogen) atoms. The lowest BCUT2D eigenvalue weighted by Gasteiger charge is -2.25. The smallest absolute Gasteiger partial charge is 0.226 e. The van der Waals surface area contributed by atoms with Gasteiger partial charge < -0.3 is 10.2 Å². The molecule has 1 saturated heterocycles. The van der Waals surface area contributed by atoms with Gasteiger partial charge in [-0.1, -0.05) is 0 Å². The standard InChI is InChI=1S/C14H19BrN2OS/c1-17(8-10-6-12(15)19-9-10)13(18)11-7-14(11)2-4-16-5-3-14/h6,9,11,16H,2-5,7-8H2,1H3. The lowest BCUT2D eigenvalue weighted by atomic mass is 9.91. The lowest BCUT2D eigenvalue weighted by molar-refractivity contribution is -0.132. The van der Waals surface area contributed by atoms with Crippen LogP contribution < -0.4 is 5.32 Å². The van der Waals surface area contributed by atoms with Crippen molar-refractivity contribution >= 4 is 33.2 Å². The first kappa shape index (κ1) is 13.6. The molecular weight excluding hydrogens is 324 g/mol. The van der Waals surface area contributed by atoms with Crippen molar-refractivity contribution in [2.45, 2.75) is 25.8 Å². The second kappa shape index (κ2) is 5.19. The highest BCUT2D eigenvalue weighted by molar-refractivity contribution is 9.11. The predicted octanol–water partition coefficient (Wildman–Crippen LogP) is 2.86. The number of piperidine rings is 1. The quantitative estimate of drug-likeness (QED) is 0.915. The Bertz CT molecular complexity index is 482. The molecule has 1 unspecified atom stereocenters. The van der Waals surface area contributed by atoms with Crippen LogP contribution in [0.1, 0.15) is 24.8 Å². The van der Waals surface area contributed by atoms with Crippen molar-refractivity contribution in [3.05, 3.63) is 20.8 Å². The van der Waals surface area contributed by atoms with Gasteiger partial charge >= 0.3 is 0 Å². The zero-order chi connectivity index (χ0) is 13.5. The maximum Gasteiger partial charge on any atom is 0.226 e. The number of halogens is 1. The number of carbonyl (C=O) groups is 1. The van der Waals surface area contributed by atoms with Gasteiger partial charge in [0.15, 0.2) is 0 Å². The molecule has 1 aliphatic carbocycles. The van der Waals surface area contributed by atoms with E-state index >= 15 is 0 Å². The van der Waals surface area contributed by atoms with E-state index < -0.39 is 0 Å². The summed E-state index contributed by atoms with van der Waals surface area (Å²) in [6.45, 7) is 2.88. The van der Waals surface area contributed by atoms with Crippen LogP contribution in [-0.4, -0.2) is 30.9 Å². The largest absolute Gasteiger partial charge is 0.341 e. The zero-order valence-corrected chi connectivity index (χ0v) is 13.5. The van der Waals surface area contributed by atoms with Crippen molar-refractivity contribution in [2.75, 3.05) is 20.1 Å². The minimum atomic E-state index is 0.279. The van der Waals surface area contributed by atoms with E-state index in [4.69, 9.17) is 0 Å². The summed E-state index contributed by atoms with van der Waals surface area (Å²) in [4.78, 5) is 14.4. The minimum absolute atomic E-state index is 0.279. The van der Waals surface area contributed by atoms with Gasteiger partial charge in [-0.05, 0) is 70.7 Å². The van der Waals surface area contributed by atoms with Gasteiger partial charge in [-0.15, -0.1) is 11.3 Å². The Morgan fingerprint density at radius 3 is 2.95 bits per heavy atom. The van der Waals surface area contributed by atoms with Crippen LogP contribution in [0.5, 0.6) is 0 Å². The molecule has 1 atom stereocenters. The van der Waals surface area contributed by atoms with Crippen LogP contribution in [0, 0.1) is 11.3 Å². The van der Waals surface area contributed by atoms with Gasteiger partial charge in [0.1, 0.15) is 0 Å². The molecular formula is C14H19BrN2OS. The molecule has 2 fully saturated rings. The first-order chi connectivity index (χ1) is 9.11. The number of hydrogen-bond donors (Lipinski definition) is 1. The molecule has 0 aromatic carbocycles. The zero-order valence-electron chi connectivity index (χ0n) is 11.1. The van der Waals surface area contributed by atoms with Gasteiger partial charge in [0.2, 0.25) is 5.91 Å². The molecule has 1 N–H and O–H groups in total. The molecule has 1 amide bonds. The fraction of sp³-hybridized carbons (Fsp3) is 0.643. The van der Waals surface area contributed by atoms with Crippen LogP contribution in [0.15, 0.2) is 15.2 Å². The van der Waals surface area contributed by atoms with Gasteiger partial charge in [-0.2, -0.15) is 0 Å². The van der Waals surface area contributed by atoms with Gasteiger partial charge in [-0.3, -0.25) is 4.79 Å². The molecule has 0 radical (unpaired) electrons. The highest BCUT2D eigenvalue weighted by Gasteiger charge is 2.58. The van der Waals surface area contributed by atoms with Crippen LogP contribution >= 0.6 is 27.3 Å². The third-order valence-corrected chi connectivity index (χ3v) is 6.06. The Hall–Kier alpha value is -0.390. The molecule has 2 aliphatic rings. The van der Waals surface area contributed by atoms with Crippen molar-refractivity contribution in [2.24, 2.45) is 11.3 Å². The molecule has 5 heteroatoms. The van der Waals surface area contributed by atoms with E-state index in [9.17, 15) is 4.79 Å². The number of amides is 1. The number of nitrogens with one attached hydrogen (secondary N) is 1. The molecule has 3 nitrogen and oxygen atoms in total. The summed E-state index contributed by atoms with van der Waals surface area (Å²) in [5.41, 5.74) is 1.55. The van der Waals surface area contributed by atoms with E-state index in [0.717, 1.165) is 29.8 Å². The molecule has 1 aliphatic heterocycles. The van der Waals surface area contributed by atoms with E-state index in [1.807, 2.05) is 11.9 Å². The van der Waals surface area contributed by atoms with Gasteiger partial charge in [0.05, 0.1) is 3.79 Å². The molecule has 3 rings (SSSR count). The third kappa shape index (κ3) is 2.73. The van der Waals surface area contributed by atoms with Crippen molar-refractivity contribution in [3.63, 3.8) is 0 Å². The first-order valence-corrected chi connectivity index (χ1v) is 8.47. The van der Waals surface area contributed by atoms with E-state index in [-0.39, 0.29) is 5.92 Å². The van der Waals surface area contributed by atoms with E-state index in [2.05, 4.69) is 32.7 Å². The highest BCUT2D eigenvalue weighted by atomic mass is 79.9.